The maximum atomic E-state index is 12.8. The predicted octanol–water partition coefficient (Wildman–Crippen LogP) is 2.85. The number of hydrogen-bond acceptors (Lipinski definition) is 4. The highest BCUT2D eigenvalue weighted by molar-refractivity contribution is 5.85. The molecule has 1 amide bonds. The fourth-order valence-electron chi connectivity index (χ4n) is 4.01. The van der Waals surface area contributed by atoms with E-state index in [1.54, 1.807) is 0 Å². The van der Waals surface area contributed by atoms with E-state index in [9.17, 15) is 4.79 Å². The molecule has 0 spiro atoms. The van der Waals surface area contributed by atoms with Gasteiger partial charge in [-0.25, -0.2) is 0 Å². The standard InChI is InChI=1S/C20H31N3O2.2ClH/c1-16(21)19-9-5-6-10-23(19)20(24)13-18-15-22(11-12-25-18)14-17-7-3-2-4-8-17;;/h2-4,7-8,16,18-19H,5-6,9-15,21H2,1H3;2*1H. The topological polar surface area (TPSA) is 58.8 Å². The summed E-state index contributed by atoms with van der Waals surface area (Å²) in [7, 11) is 0. The van der Waals surface area contributed by atoms with E-state index in [2.05, 4.69) is 29.2 Å². The minimum Gasteiger partial charge on any atom is -0.375 e. The maximum Gasteiger partial charge on any atom is 0.225 e. The van der Waals surface area contributed by atoms with E-state index < -0.39 is 0 Å². The number of hydrogen-bond donors (Lipinski definition) is 1. The van der Waals surface area contributed by atoms with Gasteiger partial charge in [-0.15, -0.1) is 24.8 Å². The summed E-state index contributed by atoms with van der Waals surface area (Å²) in [6.07, 6.45) is 3.73. The van der Waals surface area contributed by atoms with Gasteiger partial charge in [-0.2, -0.15) is 0 Å². The molecule has 7 heteroatoms. The number of amides is 1. The van der Waals surface area contributed by atoms with Crippen LogP contribution in [0.2, 0.25) is 0 Å². The SMILES string of the molecule is CC(N)C1CCCCN1C(=O)CC1CN(Cc2ccccc2)CCO1.Cl.Cl. The summed E-state index contributed by atoms with van der Waals surface area (Å²) in [6.45, 7) is 6.20. The second-order valence-electron chi connectivity index (χ2n) is 7.43. The Labute approximate surface area is 175 Å². The molecule has 2 N–H and O–H groups in total. The monoisotopic (exact) mass is 417 g/mol. The van der Waals surface area contributed by atoms with Crippen molar-refractivity contribution in [3.8, 4) is 0 Å². The second kappa shape index (κ2) is 11.9. The van der Waals surface area contributed by atoms with E-state index in [4.69, 9.17) is 10.5 Å². The van der Waals surface area contributed by atoms with Crippen molar-refractivity contribution >= 4 is 30.7 Å². The maximum absolute atomic E-state index is 12.8. The molecule has 27 heavy (non-hydrogen) atoms. The molecule has 0 aliphatic carbocycles. The second-order valence-corrected chi connectivity index (χ2v) is 7.43. The van der Waals surface area contributed by atoms with Crippen molar-refractivity contribution in [2.45, 2.75) is 57.3 Å². The Hall–Kier alpha value is -0.850. The molecule has 2 aliphatic heterocycles. The van der Waals surface area contributed by atoms with Gasteiger partial charge in [0, 0.05) is 38.3 Å². The van der Waals surface area contributed by atoms with Crippen molar-refractivity contribution in [3.63, 3.8) is 0 Å². The molecule has 2 saturated heterocycles. The van der Waals surface area contributed by atoms with Gasteiger partial charge in [-0.05, 0) is 31.7 Å². The normalized spacial score (nSPS) is 24.4. The average molecular weight is 418 g/mol. The number of likely N-dealkylation sites (tertiary alicyclic amines) is 1. The van der Waals surface area contributed by atoms with Gasteiger partial charge in [0.15, 0.2) is 0 Å². The molecular formula is C20H33Cl2N3O2. The van der Waals surface area contributed by atoms with Gasteiger partial charge in [0.2, 0.25) is 5.91 Å². The number of carbonyl (C=O) groups is 1. The van der Waals surface area contributed by atoms with Gasteiger partial charge in [0.1, 0.15) is 0 Å². The summed E-state index contributed by atoms with van der Waals surface area (Å²) in [5.41, 5.74) is 7.41. The molecule has 3 atom stereocenters. The van der Waals surface area contributed by atoms with E-state index in [1.165, 1.54) is 12.0 Å². The van der Waals surface area contributed by atoms with Crippen molar-refractivity contribution in [1.29, 1.82) is 0 Å². The Kier molecular flexibility index (Phi) is 10.6. The molecule has 0 radical (unpaired) electrons. The first-order valence-corrected chi connectivity index (χ1v) is 9.56. The lowest BCUT2D eigenvalue weighted by Gasteiger charge is -2.39. The van der Waals surface area contributed by atoms with Crippen LogP contribution in [-0.4, -0.2) is 60.1 Å². The Morgan fingerprint density at radius 2 is 1.96 bits per heavy atom. The van der Waals surface area contributed by atoms with Crippen molar-refractivity contribution in [3.05, 3.63) is 35.9 Å². The van der Waals surface area contributed by atoms with Crippen LogP contribution >= 0.6 is 24.8 Å². The summed E-state index contributed by atoms with van der Waals surface area (Å²) >= 11 is 0. The largest absolute Gasteiger partial charge is 0.375 e. The van der Waals surface area contributed by atoms with Crippen LogP contribution in [0.15, 0.2) is 30.3 Å². The Balaban J connectivity index is 0.00000182. The molecule has 1 aromatic rings. The lowest BCUT2D eigenvalue weighted by atomic mass is 9.96. The molecule has 2 fully saturated rings. The minimum atomic E-state index is -0.0133. The summed E-state index contributed by atoms with van der Waals surface area (Å²) in [5.74, 6) is 0.202. The van der Waals surface area contributed by atoms with E-state index in [1.807, 2.05) is 17.9 Å². The number of carbonyl (C=O) groups excluding carboxylic acids is 1. The van der Waals surface area contributed by atoms with Crippen LogP contribution in [0.25, 0.3) is 0 Å². The summed E-state index contributed by atoms with van der Waals surface area (Å²) in [5, 5.41) is 0. The number of rotatable bonds is 5. The highest BCUT2D eigenvalue weighted by Crippen LogP contribution is 2.21. The number of morpholine rings is 1. The van der Waals surface area contributed by atoms with Crippen LogP contribution in [0.4, 0.5) is 0 Å². The minimum absolute atomic E-state index is 0. The van der Waals surface area contributed by atoms with Crippen LogP contribution in [0.1, 0.15) is 38.2 Å². The van der Waals surface area contributed by atoms with Crippen LogP contribution < -0.4 is 5.73 Å². The zero-order valence-electron chi connectivity index (χ0n) is 16.1. The summed E-state index contributed by atoms with van der Waals surface area (Å²) in [4.78, 5) is 17.2. The third kappa shape index (κ3) is 6.91. The quantitative estimate of drug-likeness (QED) is 0.799. The van der Waals surface area contributed by atoms with Crippen molar-refractivity contribution in [2.24, 2.45) is 5.73 Å². The third-order valence-corrected chi connectivity index (χ3v) is 5.35. The Morgan fingerprint density at radius 1 is 1.22 bits per heavy atom. The number of piperidine rings is 1. The number of ether oxygens (including phenoxy) is 1. The molecule has 3 unspecified atom stereocenters. The highest BCUT2D eigenvalue weighted by Gasteiger charge is 2.31. The fraction of sp³-hybridized carbons (Fsp3) is 0.650. The number of benzene rings is 1. The Bertz CT molecular complexity index is 559. The molecule has 0 saturated carbocycles. The highest BCUT2D eigenvalue weighted by atomic mass is 35.5. The van der Waals surface area contributed by atoms with Crippen LogP contribution in [0, 0.1) is 0 Å². The number of halogens is 2. The molecule has 3 rings (SSSR count). The average Bonchev–Trinajstić information content (AvgIpc) is 2.63. The van der Waals surface area contributed by atoms with Crippen molar-refractivity contribution in [2.75, 3.05) is 26.2 Å². The molecule has 0 bridgehead atoms. The van der Waals surface area contributed by atoms with E-state index >= 15 is 0 Å². The van der Waals surface area contributed by atoms with Crippen LogP contribution in [0.5, 0.6) is 0 Å². The van der Waals surface area contributed by atoms with E-state index in [-0.39, 0.29) is 48.9 Å². The third-order valence-electron chi connectivity index (χ3n) is 5.35. The molecule has 2 aliphatic rings. The molecule has 0 aromatic heterocycles. The van der Waals surface area contributed by atoms with Gasteiger partial charge in [0.25, 0.3) is 0 Å². The van der Waals surface area contributed by atoms with E-state index in [0.29, 0.717) is 13.0 Å². The zero-order valence-corrected chi connectivity index (χ0v) is 17.7. The molecule has 2 heterocycles. The van der Waals surface area contributed by atoms with Crippen molar-refractivity contribution in [1.82, 2.24) is 9.80 Å². The molecule has 154 valence electrons. The van der Waals surface area contributed by atoms with Gasteiger partial charge in [-0.3, -0.25) is 9.69 Å². The van der Waals surface area contributed by atoms with Crippen LogP contribution in [-0.2, 0) is 16.1 Å². The fourth-order valence-corrected chi connectivity index (χ4v) is 4.01. The lowest BCUT2D eigenvalue weighted by Crippen LogP contribution is -2.53. The van der Waals surface area contributed by atoms with Crippen LogP contribution in [0.3, 0.4) is 0 Å². The van der Waals surface area contributed by atoms with Crippen molar-refractivity contribution < 1.29 is 9.53 Å². The smallest absolute Gasteiger partial charge is 0.225 e. The Morgan fingerprint density at radius 3 is 2.67 bits per heavy atom. The first-order chi connectivity index (χ1) is 12.1. The summed E-state index contributed by atoms with van der Waals surface area (Å²) in [6, 6.07) is 10.7. The molecule has 1 aromatic carbocycles. The first kappa shape index (κ1) is 24.2. The molecule has 5 nitrogen and oxygen atoms in total. The first-order valence-electron chi connectivity index (χ1n) is 9.56. The van der Waals surface area contributed by atoms with Gasteiger partial charge < -0.3 is 15.4 Å². The predicted molar refractivity (Wildman–Crippen MR) is 114 cm³/mol. The number of nitrogens with zero attached hydrogens (tertiary/aromatic N) is 2. The zero-order chi connectivity index (χ0) is 17.6. The van der Waals surface area contributed by atoms with Gasteiger partial charge in [-0.1, -0.05) is 30.3 Å². The molecular weight excluding hydrogens is 385 g/mol. The van der Waals surface area contributed by atoms with Gasteiger partial charge in [0.05, 0.1) is 19.1 Å². The van der Waals surface area contributed by atoms with E-state index in [0.717, 1.165) is 39.0 Å². The lowest BCUT2D eigenvalue weighted by molar-refractivity contribution is -0.140. The summed E-state index contributed by atoms with van der Waals surface area (Å²) < 4.78 is 5.88. The van der Waals surface area contributed by atoms with Gasteiger partial charge >= 0.3 is 0 Å². The number of nitrogens with two attached hydrogens (primary N) is 1.